The van der Waals surface area contributed by atoms with Crippen LogP contribution in [0.15, 0.2) is 206 Å². The van der Waals surface area contributed by atoms with E-state index in [1.807, 2.05) is 48.5 Å². The number of allylic oxidation sites excluding steroid dienone is 6. The standard InChI is InChI=1S/C61H44N4/c1-59(56-20-12-47(13-21-56)3-7-51-28-36-63-37-29-51)44-60(57-22-14-48(15-23-57)4-8-52-30-38-64-39-31-52)42-55(54-18-10-46(11-19-54)2-6-50-26-34-62-35-27-50)43-61(60,45-59)58-24-16-49(17-25-58)5-9-53-32-40-65-41-33-53/h10-18,20-41H,19,42-45H2,1H3. The molecular weight excluding hydrogens is 789 g/mol. The second kappa shape index (κ2) is 17.8. The summed E-state index contributed by atoms with van der Waals surface area (Å²) >= 11 is 0. The molecule has 65 heavy (non-hydrogen) atoms. The first-order chi connectivity index (χ1) is 32.0. The summed E-state index contributed by atoms with van der Waals surface area (Å²) in [6, 6.07) is 42.9. The van der Waals surface area contributed by atoms with Crippen molar-refractivity contribution < 1.29 is 0 Å². The van der Waals surface area contributed by atoms with Gasteiger partial charge in [-0.3, -0.25) is 19.9 Å². The van der Waals surface area contributed by atoms with Crippen LogP contribution in [0.2, 0.25) is 0 Å². The minimum Gasteiger partial charge on any atom is -0.265 e. The maximum atomic E-state index is 4.16. The van der Waals surface area contributed by atoms with Crippen molar-refractivity contribution in [1.29, 1.82) is 0 Å². The molecule has 2 saturated carbocycles. The molecule has 2 atom stereocenters. The van der Waals surface area contributed by atoms with Crippen molar-refractivity contribution in [2.24, 2.45) is 0 Å². The summed E-state index contributed by atoms with van der Waals surface area (Å²) in [5.41, 5.74) is 14.2. The summed E-state index contributed by atoms with van der Waals surface area (Å²) < 4.78 is 0. The van der Waals surface area contributed by atoms with Gasteiger partial charge in [-0.2, -0.15) is 0 Å². The number of benzene rings is 3. The molecule has 0 bridgehead atoms. The van der Waals surface area contributed by atoms with E-state index in [0.29, 0.717) is 0 Å². The zero-order valence-electron chi connectivity index (χ0n) is 36.2. The van der Waals surface area contributed by atoms with Gasteiger partial charge in [0.05, 0.1) is 0 Å². The number of rotatable bonds is 3. The normalized spacial score (nSPS) is 20.4. The maximum Gasteiger partial charge on any atom is 0.0280 e. The van der Waals surface area contributed by atoms with Gasteiger partial charge >= 0.3 is 0 Å². The molecule has 4 aromatic heterocycles. The number of aromatic nitrogens is 4. The Labute approximate surface area is 382 Å². The van der Waals surface area contributed by atoms with Gasteiger partial charge in [0, 0.05) is 105 Å². The third-order valence-electron chi connectivity index (χ3n) is 13.4. The highest BCUT2D eigenvalue weighted by atomic mass is 14.7. The van der Waals surface area contributed by atoms with Crippen LogP contribution in [0.3, 0.4) is 0 Å². The molecule has 10 rings (SSSR count). The molecule has 4 heteroatoms. The van der Waals surface area contributed by atoms with Crippen LogP contribution in [0.25, 0.3) is 0 Å². The van der Waals surface area contributed by atoms with Crippen molar-refractivity contribution in [2.75, 3.05) is 0 Å². The van der Waals surface area contributed by atoms with Crippen LogP contribution in [-0.2, 0) is 16.2 Å². The first kappa shape index (κ1) is 40.8. The van der Waals surface area contributed by atoms with Crippen LogP contribution >= 0.6 is 0 Å². The lowest BCUT2D eigenvalue weighted by Gasteiger charge is -2.41. The van der Waals surface area contributed by atoms with Crippen LogP contribution in [0.1, 0.15) is 94.7 Å². The second-order valence-electron chi connectivity index (χ2n) is 17.4. The third kappa shape index (κ3) is 8.60. The summed E-state index contributed by atoms with van der Waals surface area (Å²) in [6.45, 7) is 2.49. The van der Waals surface area contributed by atoms with Gasteiger partial charge in [0.25, 0.3) is 0 Å². The Morgan fingerprint density at radius 3 is 1.03 bits per heavy atom. The number of nitrogens with zero attached hydrogens (tertiary/aromatic N) is 4. The Morgan fingerprint density at radius 1 is 0.369 bits per heavy atom. The van der Waals surface area contributed by atoms with Crippen molar-refractivity contribution in [3.05, 3.63) is 261 Å². The summed E-state index contributed by atoms with van der Waals surface area (Å²) in [5, 5.41) is 0. The Morgan fingerprint density at radius 2 is 0.692 bits per heavy atom. The Bertz CT molecular complexity index is 3090. The molecule has 0 aliphatic heterocycles. The predicted molar refractivity (Wildman–Crippen MR) is 259 cm³/mol. The lowest BCUT2D eigenvalue weighted by molar-refractivity contribution is 0.303. The lowest BCUT2D eigenvalue weighted by atomic mass is 9.61. The van der Waals surface area contributed by atoms with Crippen molar-refractivity contribution in [2.45, 2.75) is 55.3 Å². The molecule has 3 aliphatic rings. The van der Waals surface area contributed by atoms with Gasteiger partial charge in [0.2, 0.25) is 0 Å². The highest BCUT2D eigenvalue weighted by Gasteiger charge is 2.66. The highest BCUT2D eigenvalue weighted by molar-refractivity contribution is 5.58. The lowest BCUT2D eigenvalue weighted by Crippen LogP contribution is -2.40. The summed E-state index contributed by atoms with van der Waals surface area (Å²) in [7, 11) is 0. The van der Waals surface area contributed by atoms with E-state index < -0.39 is 0 Å². The van der Waals surface area contributed by atoms with E-state index in [9.17, 15) is 0 Å². The monoisotopic (exact) mass is 832 g/mol. The van der Waals surface area contributed by atoms with Crippen molar-refractivity contribution in [3.8, 4) is 47.4 Å². The average molecular weight is 833 g/mol. The van der Waals surface area contributed by atoms with Gasteiger partial charge in [0.15, 0.2) is 0 Å². The average Bonchev–Trinajstić information content (AvgIpc) is 3.83. The van der Waals surface area contributed by atoms with Gasteiger partial charge in [-0.1, -0.05) is 108 Å². The predicted octanol–water partition coefficient (Wildman–Crippen LogP) is 11.4. The van der Waals surface area contributed by atoms with E-state index in [-0.39, 0.29) is 16.2 Å². The number of hydrogen-bond donors (Lipinski definition) is 0. The number of pyridine rings is 4. The summed E-state index contributed by atoms with van der Waals surface area (Å²) in [6.07, 6.45) is 25.8. The van der Waals surface area contributed by atoms with E-state index in [0.717, 1.165) is 76.6 Å². The maximum absolute atomic E-state index is 4.16. The van der Waals surface area contributed by atoms with Crippen molar-refractivity contribution in [3.63, 3.8) is 0 Å². The fourth-order valence-electron chi connectivity index (χ4n) is 10.3. The minimum atomic E-state index is -0.218. The van der Waals surface area contributed by atoms with E-state index in [1.54, 1.807) is 49.6 Å². The molecule has 308 valence electrons. The Balaban J connectivity index is 1.07. The summed E-state index contributed by atoms with van der Waals surface area (Å²) in [4.78, 5) is 16.6. The topological polar surface area (TPSA) is 51.6 Å². The van der Waals surface area contributed by atoms with Gasteiger partial charge in [-0.25, -0.2) is 0 Å². The molecule has 0 amide bonds. The van der Waals surface area contributed by atoms with Crippen molar-refractivity contribution in [1.82, 2.24) is 19.9 Å². The second-order valence-corrected chi connectivity index (χ2v) is 17.4. The molecular formula is C61H44N4. The van der Waals surface area contributed by atoms with Crippen LogP contribution in [0.5, 0.6) is 0 Å². The van der Waals surface area contributed by atoms with E-state index in [1.165, 1.54) is 27.8 Å². The molecule has 3 aliphatic carbocycles. The molecule has 0 radical (unpaired) electrons. The molecule has 0 saturated heterocycles. The molecule has 7 aromatic rings. The summed E-state index contributed by atoms with van der Waals surface area (Å²) in [5.74, 6) is 26.9. The molecule has 4 nitrogen and oxygen atoms in total. The minimum absolute atomic E-state index is 0.134. The fourth-order valence-corrected chi connectivity index (χ4v) is 10.3. The zero-order valence-corrected chi connectivity index (χ0v) is 36.2. The Kier molecular flexibility index (Phi) is 11.2. The van der Waals surface area contributed by atoms with Crippen molar-refractivity contribution >= 4 is 0 Å². The van der Waals surface area contributed by atoms with Gasteiger partial charge < -0.3 is 0 Å². The zero-order chi connectivity index (χ0) is 43.9. The smallest absolute Gasteiger partial charge is 0.0280 e. The first-order valence-electron chi connectivity index (χ1n) is 22.0. The number of fused-ring (bicyclic) bond motifs is 1. The van der Waals surface area contributed by atoms with E-state index in [2.05, 4.69) is 165 Å². The largest absolute Gasteiger partial charge is 0.265 e. The van der Waals surface area contributed by atoms with Gasteiger partial charge in [-0.15, -0.1) is 0 Å². The molecule has 0 spiro atoms. The van der Waals surface area contributed by atoms with Gasteiger partial charge in [0.1, 0.15) is 0 Å². The molecule has 0 N–H and O–H groups in total. The number of hydrogen-bond acceptors (Lipinski definition) is 4. The third-order valence-corrected chi connectivity index (χ3v) is 13.4. The van der Waals surface area contributed by atoms with Crippen LogP contribution in [-0.4, -0.2) is 19.9 Å². The van der Waals surface area contributed by atoms with Gasteiger partial charge in [-0.05, 0) is 151 Å². The van der Waals surface area contributed by atoms with E-state index in [4.69, 9.17) is 0 Å². The van der Waals surface area contributed by atoms with Crippen LogP contribution < -0.4 is 0 Å². The fraction of sp³-hybridized carbons (Fsp3) is 0.148. The quantitative estimate of drug-likeness (QED) is 0.166. The van der Waals surface area contributed by atoms with E-state index >= 15 is 0 Å². The Hall–Kier alpha value is -8.28. The first-order valence-corrected chi connectivity index (χ1v) is 22.0. The molecule has 2 fully saturated rings. The molecule has 2 unspecified atom stereocenters. The highest BCUT2D eigenvalue weighted by Crippen LogP contribution is 2.71. The molecule has 4 heterocycles. The SMILES string of the molecule is CC1(c2ccc(C#Cc3ccncc3)cc2)CC2(c3ccc(C#Cc4ccncc4)cc3)CC(=C3C=CC(C#Cc4ccncc4)=CC3)CC2(c2ccc(C#Cc3ccncc3)cc2)C1. The van der Waals surface area contributed by atoms with Crippen LogP contribution in [0, 0.1) is 47.4 Å². The molecule has 3 aromatic carbocycles. The van der Waals surface area contributed by atoms with Crippen LogP contribution in [0.4, 0.5) is 0 Å².